The van der Waals surface area contributed by atoms with Crippen molar-refractivity contribution in [3.8, 4) is 0 Å². The molecule has 14 heteroatoms. The first-order valence-corrected chi connectivity index (χ1v) is 43.7. The minimum Gasteiger partial charge on any atom is -0.394 e. The van der Waals surface area contributed by atoms with E-state index >= 15 is 0 Å². The Labute approximate surface area is 631 Å². The number of nitrogens with one attached hydrogen (secondary N) is 1. The number of carbonyl (C=O) groups excluding carboxylic acids is 1. The molecule has 0 aromatic rings. The molecule has 2 fully saturated rings. The summed E-state index contributed by atoms with van der Waals surface area (Å²) >= 11 is 0. The van der Waals surface area contributed by atoms with Crippen LogP contribution in [0.1, 0.15) is 393 Å². The van der Waals surface area contributed by atoms with Gasteiger partial charge in [-0.05, 0) is 64.2 Å². The largest absolute Gasteiger partial charge is 0.394 e. The SMILES string of the molecule is CC/C=C\C/C=C\C/C=C\C/C=C\C/C=C\C/C=C\CCCCCCCCCCCCCCCCCCCCCCCCC(=O)NC(COC1OC(CO)C(OC2OC(CO)C(O)C(O)C2O)C(O)C1O)C(O)CCCCCCCCCCCCCCCCCCCCCCCCCCCCCC. The van der Waals surface area contributed by atoms with Gasteiger partial charge in [0, 0.05) is 6.42 Å². The lowest BCUT2D eigenvalue weighted by atomic mass is 9.97. The number of hydrogen-bond acceptors (Lipinski definition) is 13. The Morgan fingerprint density at radius 1 is 0.359 bits per heavy atom. The van der Waals surface area contributed by atoms with E-state index in [1.165, 1.54) is 276 Å². The highest BCUT2D eigenvalue weighted by molar-refractivity contribution is 5.76. The lowest BCUT2D eigenvalue weighted by Crippen LogP contribution is -2.65. The zero-order chi connectivity index (χ0) is 74.4. The molecule has 0 spiro atoms. The van der Waals surface area contributed by atoms with Gasteiger partial charge in [0.1, 0.15) is 48.8 Å². The topological polar surface area (TPSA) is 228 Å². The molecule has 12 unspecified atom stereocenters. The number of ether oxygens (including phenoxy) is 4. The highest BCUT2D eigenvalue weighted by Gasteiger charge is 2.51. The quantitative estimate of drug-likeness (QED) is 0.0204. The fourth-order valence-electron chi connectivity index (χ4n) is 14.4. The Morgan fingerprint density at radius 3 is 1.03 bits per heavy atom. The Morgan fingerprint density at radius 2 is 0.670 bits per heavy atom. The second-order valence-electron chi connectivity index (χ2n) is 30.6. The minimum atomic E-state index is -1.78. The van der Waals surface area contributed by atoms with Crippen LogP contribution in [0.3, 0.4) is 0 Å². The summed E-state index contributed by atoms with van der Waals surface area (Å²) in [4.78, 5) is 13.4. The molecule has 0 aliphatic carbocycles. The maximum absolute atomic E-state index is 13.4. The molecule has 103 heavy (non-hydrogen) atoms. The standard InChI is InChI=1S/C89H163NO13/c1-3-5-7-9-11-13-15-17-19-21-23-25-27-29-31-33-34-35-36-37-38-39-40-41-42-43-44-45-47-49-51-53-55-57-59-61-63-65-67-69-71-73-81(94)90-77(76-100-88-86(99)84(97)87(80(75-92)102-88)103-89-85(98)83(96)82(95)79(74-91)101-89)78(93)72-70-68-66-64-62-60-58-56-54-52-50-48-46-32-30-28-26-24-22-20-18-16-14-12-10-8-6-4-2/h5,7,11,13,17,19,23,25,29,31,34-35,77-80,82-89,91-93,95-99H,3-4,6,8-10,12,14-16,18,20-22,24,26-28,30,32-33,36-76H2,1-2H3,(H,90,94)/b7-5-,13-11-,19-17-,25-23-,31-29-,35-34-. The third kappa shape index (κ3) is 54.6. The van der Waals surface area contributed by atoms with Crippen LogP contribution in [-0.2, 0) is 23.7 Å². The smallest absolute Gasteiger partial charge is 0.220 e. The molecule has 602 valence electrons. The summed E-state index contributed by atoms with van der Waals surface area (Å²) in [5.74, 6) is -0.199. The predicted octanol–water partition coefficient (Wildman–Crippen LogP) is 20.9. The van der Waals surface area contributed by atoms with Crippen molar-refractivity contribution in [1.82, 2.24) is 5.32 Å². The highest BCUT2D eigenvalue weighted by Crippen LogP contribution is 2.31. The molecule has 12 atom stereocenters. The van der Waals surface area contributed by atoms with Gasteiger partial charge in [0.05, 0.1) is 32.0 Å². The Hall–Kier alpha value is -2.57. The van der Waals surface area contributed by atoms with Crippen molar-refractivity contribution in [2.24, 2.45) is 0 Å². The first-order chi connectivity index (χ1) is 50.6. The Kier molecular flexibility index (Phi) is 67.7. The van der Waals surface area contributed by atoms with Gasteiger partial charge in [0.25, 0.3) is 0 Å². The van der Waals surface area contributed by atoms with Crippen LogP contribution in [0.2, 0.25) is 0 Å². The maximum Gasteiger partial charge on any atom is 0.220 e. The second kappa shape index (κ2) is 72.3. The molecule has 14 nitrogen and oxygen atoms in total. The van der Waals surface area contributed by atoms with Crippen molar-refractivity contribution in [3.63, 3.8) is 0 Å². The normalized spacial score (nSPS) is 21.9. The van der Waals surface area contributed by atoms with E-state index in [1.54, 1.807) is 0 Å². The molecule has 0 aromatic carbocycles. The summed E-state index contributed by atoms with van der Waals surface area (Å²) in [6, 6.07) is -0.831. The molecule has 0 bridgehead atoms. The number of allylic oxidation sites excluding steroid dienone is 12. The summed E-state index contributed by atoms with van der Waals surface area (Å²) < 4.78 is 23.0. The molecule has 2 aliphatic rings. The van der Waals surface area contributed by atoms with Crippen molar-refractivity contribution < 1.29 is 64.6 Å². The molecule has 2 rings (SSSR count). The van der Waals surface area contributed by atoms with E-state index in [2.05, 4.69) is 92.1 Å². The molecule has 2 heterocycles. The summed E-state index contributed by atoms with van der Waals surface area (Å²) in [6.45, 7) is 2.81. The highest BCUT2D eigenvalue weighted by atomic mass is 16.7. The predicted molar refractivity (Wildman–Crippen MR) is 429 cm³/mol. The van der Waals surface area contributed by atoms with Crippen LogP contribution >= 0.6 is 0 Å². The van der Waals surface area contributed by atoms with Crippen LogP contribution in [0, 0.1) is 0 Å². The first kappa shape index (κ1) is 96.5. The number of aliphatic hydroxyl groups is 8. The Bertz CT molecular complexity index is 2010. The molecule has 9 N–H and O–H groups in total. The van der Waals surface area contributed by atoms with Crippen molar-refractivity contribution in [2.45, 2.75) is 466 Å². The summed E-state index contributed by atoms with van der Waals surface area (Å²) in [5.41, 5.74) is 0. The van der Waals surface area contributed by atoms with Gasteiger partial charge >= 0.3 is 0 Å². The molecule has 0 radical (unpaired) electrons. The van der Waals surface area contributed by atoms with Crippen LogP contribution in [0.5, 0.6) is 0 Å². The zero-order valence-electron chi connectivity index (χ0n) is 66.3. The van der Waals surface area contributed by atoms with E-state index in [0.29, 0.717) is 12.8 Å². The third-order valence-electron chi connectivity index (χ3n) is 21.2. The van der Waals surface area contributed by atoms with Crippen molar-refractivity contribution >= 4 is 5.91 Å². The lowest BCUT2D eigenvalue weighted by Gasteiger charge is -2.46. The van der Waals surface area contributed by atoms with Crippen LogP contribution in [-0.4, -0.2) is 140 Å². The molecule has 0 saturated carbocycles. The number of unbranched alkanes of at least 4 members (excludes halogenated alkanes) is 49. The maximum atomic E-state index is 13.4. The average molecular weight is 1460 g/mol. The molecule has 2 aliphatic heterocycles. The van der Waals surface area contributed by atoms with Crippen molar-refractivity contribution in [1.29, 1.82) is 0 Å². The summed E-state index contributed by atoms with van der Waals surface area (Å²) in [6.07, 6.45) is 83.9. The van der Waals surface area contributed by atoms with E-state index in [9.17, 15) is 45.6 Å². The number of aliphatic hydroxyl groups excluding tert-OH is 8. The monoisotopic (exact) mass is 1450 g/mol. The average Bonchev–Trinajstić information content (AvgIpc) is 0.791. The van der Waals surface area contributed by atoms with E-state index in [1.807, 2.05) is 0 Å². The fourth-order valence-corrected chi connectivity index (χ4v) is 14.4. The Balaban J connectivity index is 1.55. The molecule has 0 aromatic heterocycles. The fraction of sp³-hybridized carbons (Fsp3) is 0.854. The molecule has 2 saturated heterocycles. The molecular formula is C89H163NO13. The number of amides is 1. The van der Waals surface area contributed by atoms with E-state index in [4.69, 9.17) is 18.9 Å². The minimum absolute atomic E-state index is 0.199. The van der Waals surface area contributed by atoms with Gasteiger partial charge < -0.3 is 65.1 Å². The van der Waals surface area contributed by atoms with Gasteiger partial charge in [-0.25, -0.2) is 0 Å². The van der Waals surface area contributed by atoms with Gasteiger partial charge in [0.15, 0.2) is 12.6 Å². The van der Waals surface area contributed by atoms with Gasteiger partial charge in [-0.3, -0.25) is 4.79 Å². The van der Waals surface area contributed by atoms with Crippen molar-refractivity contribution in [2.75, 3.05) is 19.8 Å². The van der Waals surface area contributed by atoms with Crippen LogP contribution in [0.15, 0.2) is 72.9 Å². The van der Waals surface area contributed by atoms with E-state index in [0.717, 1.165) is 89.9 Å². The summed E-state index contributed by atoms with van der Waals surface area (Å²) in [7, 11) is 0. The van der Waals surface area contributed by atoms with E-state index in [-0.39, 0.29) is 12.5 Å². The van der Waals surface area contributed by atoms with Crippen LogP contribution < -0.4 is 5.32 Å². The van der Waals surface area contributed by atoms with Gasteiger partial charge in [-0.1, -0.05) is 395 Å². The molecular weight excluding hydrogens is 1290 g/mol. The van der Waals surface area contributed by atoms with Gasteiger partial charge in [-0.2, -0.15) is 0 Å². The molecule has 1 amide bonds. The van der Waals surface area contributed by atoms with Crippen molar-refractivity contribution in [3.05, 3.63) is 72.9 Å². The number of carbonyl (C=O) groups is 1. The van der Waals surface area contributed by atoms with Crippen LogP contribution in [0.25, 0.3) is 0 Å². The number of rotatable bonds is 74. The van der Waals surface area contributed by atoms with Gasteiger partial charge in [0.2, 0.25) is 5.91 Å². The first-order valence-electron chi connectivity index (χ1n) is 43.7. The second-order valence-corrected chi connectivity index (χ2v) is 30.6. The van der Waals surface area contributed by atoms with E-state index < -0.39 is 86.8 Å². The number of hydrogen-bond donors (Lipinski definition) is 9. The van der Waals surface area contributed by atoms with Crippen LogP contribution in [0.4, 0.5) is 0 Å². The lowest BCUT2D eigenvalue weighted by molar-refractivity contribution is -0.359. The third-order valence-corrected chi connectivity index (χ3v) is 21.2. The van der Waals surface area contributed by atoms with Gasteiger partial charge in [-0.15, -0.1) is 0 Å². The zero-order valence-corrected chi connectivity index (χ0v) is 66.3. The summed E-state index contributed by atoms with van der Waals surface area (Å²) in [5, 5.41) is 88.0.